The predicted molar refractivity (Wildman–Crippen MR) is 84.2 cm³/mol. The van der Waals surface area contributed by atoms with Gasteiger partial charge in [-0.2, -0.15) is 0 Å². The second-order valence-corrected chi connectivity index (χ2v) is 6.76. The lowest BCUT2D eigenvalue weighted by Gasteiger charge is -2.37. The molecule has 0 aromatic carbocycles. The summed E-state index contributed by atoms with van der Waals surface area (Å²) in [5.41, 5.74) is 6.02. The van der Waals surface area contributed by atoms with E-state index in [0.717, 1.165) is 35.6 Å². The summed E-state index contributed by atoms with van der Waals surface area (Å²) in [6.45, 7) is 4.71. The minimum atomic E-state index is -0.0654. The molecule has 1 aliphatic rings. The fourth-order valence-electron chi connectivity index (χ4n) is 2.70. The van der Waals surface area contributed by atoms with E-state index in [2.05, 4.69) is 5.32 Å². The topological polar surface area (TPSA) is 75.4 Å². The van der Waals surface area contributed by atoms with Gasteiger partial charge in [-0.3, -0.25) is 9.59 Å². The van der Waals surface area contributed by atoms with Crippen molar-refractivity contribution in [1.29, 1.82) is 0 Å². The molecule has 1 fully saturated rings. The van der Waals surface area contributed by atoms with Crippen molar-refractivity contribution in [1.82, 2.24) is 10.2 Å². The Morgan fingerprint density at radius 1 is 1.48 bits per heavy atom. The van der Waals surface area contributed by atoms with Gasteiger partial charge in [0.15, 0.2) is 0 Å². The Balaban J connectivity index is 2.06. The van der Waals surface area contributed by atoms with Gasteiger partial charge in [0, 0.05) is 30.4 Å². The van der Waals surface area contributed by atoms with Crippen molar-refractivity contribution in [2.75, 3.05) is 6.54 Å². The Morgan fingerprint density at radius 2 is 2.24 bits per heavy atom. The minimum absolute atomic E-state index is 0.00642. The molecule has 0 spiro atoms. The summed E-state index contributed by atoms with van der Waals surface area (Å²) in [5, 5.41) is 2.75. The molecule has 116 valence electrons. The predicted octanol–water partition coefficient (Wildman–Crippen LogP) is 1.73. The maximum absolute atomic E-state index is 12.7. The van der Waals surface area contributed by atoms with Gasteiger partial charge in [0.05, 0.1) is 11.4 Å². The molecule has 2 amide bonds. The van der Waals surface area contributed by atoms with Crippen LogP contribution in [0.5, 0.6) is 0 Å². The van der Waals surface area contributed by atoms with Crippen LogP contribution in [0.2, 0.25) is 0 Å². The number of nitrogens with two attached hydrogens (primary N) is 1. The quantitative estimate of drug-likeness (QED) is 0.889. The van der Waals surface area contributed by atoms with E-state index < -0.39 is 0 Å². The van der Waals surface area contributed by atoms with E-state index in [1.54, 1.807) is 0 Å². The summed E-state index contributed by atoms with van der Waals surface area (Å²) in [7, 11) is 0. The van der Waals surface area contributed by atoms with E-state index in [1.807, 2.05) is 24.0 Å². The molecule has 5 nitrogen and oxygen atoms in total. The van der Waals surface area contributed by atoms with Gasteiger partial charge < -0.3 is 16.0 Å². The Kier molecular flexibility index (Phi) is 5.36. The van der Waals surface area contributed by atoms with Crippen molar-refractivity contribution in [3.05, 3.63) is 21.9 Å². The number of rotatable bonds is 4. The SMILES string of the molecule is CC(=O)NCc1ccc(C(=O)N2CCCC[C@H]2[C@H](C)N)s1. The first-order valence-corrected chi connectivity index (χ1v) is 8.20. The molecule has 2 heterocycles. The molecule has 1 aromatic rings. The van der Waals surface area contributed by atoms with E-state index >= 15 is 0 Å². The number of amides is 2. The van der Waals surface area contributed by atoms with Crippen LogP contribution in [0.1, 0.15) is 47.7 Å². The first-order chi connectivity index (χ1) is 9.99. The first-order valence-electron chi connectivity index (χ1n) is 7.38. The van der Waals surface area contributed by atoms with Gasteiger partial charge in [-0.1, -0.05) is 0 Å². The molecule has 2 rings (SSSR count). The number of carbonyl (C=O) groups excluding carboxylic acids is 2. The van der Waals surface area contributed by atoms with Crippen LogP contribution >= 0.6 is 11.3 Å². The zero-order chi connectivity index (χ0) is 15.4. The lowest BCUT2D eigenvalue weighted by Crippen LogP contribution is -2.51. The molecule has 0 saturated carbocycles. The smallest absolute Gasteiger partial charge is 0.264 e. The lowest BCUT2D eigenvalue weighted by atomic mass is 9.97. The number of hydrogen-bond donors (Lipinski definition) is 2. The van der Waals surface area contributed by atoms with Gasteiger partial charge in [0.2, 0.25) is 5.91 Å². The third-order valence-electron chi connectivity index (χ3n) is 3.80. The van der Waals surface area contributed by atoms with Crippen LogP contribution < -0.4 is 11.1 Å². The third-order valence-corrected chi connectivity index (χ3v) is 4.87. The van der Waals surface area contributed by atoms with Crippen LogP contribution in [0.25, 0.3) is 0 Å². The number of nitrogens with zero attached hydrogens (tertiary/aromatic N) is 1. The maximum atomic E-state index is 12.7. The van der Waals surface area contributed by atoms with Crippen molar-refractivity contribution in [2.24, 2.45) is 5.73 Å². The molecule has 0 unspecified atom stereocenters. The zero-order valence-electron chi connectivity index (χ0n) is 12.6. The van der Waals surface area contributed by atoms with Crippen LogP contribution in [-0.2, 0) is 11.3 Å². The second kappa shape index (κ2) is 7.04. The second-order valence-electron chi connectivity index (χ2n) is 5.60. The van der Waals surface area contributed by atoms with Crippen molar-refractivity contribution in [3.8, 4) is 0 Å². The van der Waals surface area contributed by atoms with E-state index in [-0.39, 0.29) is 23.9 Å². The number of thiophene rings is 1. The molecule has 2 atom stereocenters. The van der Waals surface area contributed by atoms with Crippen molar-refractivity contribution >= 4 is 23.2 Å². The Hall–Kier alpha value is -1.40. The Bertz CT molecular complexity index is 513. The minimum Gasteiger partial charge on any atom is -0.351 e. The molecule has 6 heteroatoms. The first kappa shape index (κ1) is 16.0. The van der Waals surface area contributed by atoms with Gasteiger partial charge in [-0.05, 0) is 38.3 Å². The third kappa shape index (κ3) is 4.04. The molecule has 3 N–H and O–H groups in total. The van der Waals surface area contributed by atoms with E-state index in [1.165, 1.54) is 18.3 Å². The number of piperidine rings is 1. The number of carbonyl (C=O) groups is 2. The van der Waals surface area contributed by atoms with Crippen LogP contribution in [0.3, 0.4) is 0 Å². The fourth-order valence-corrected chi connectivity index (χ4v) is 3.60. The molecule has 1 aliphatic heterocycles. The normalized spacial score (nSPS) is 20.1. The summed E-state index contributed by atoms with van der Waals surface area (Å²) in [5.74, 6) is 0.000373. The van der Waals surface area contributed by atoms with Crippen LogP contribution in [0.15, 0.2) is 12.1 Å². The number of hydrogen-bond acceptors (Lipinski definition) is 4. The standard InChI is InChI=1S/C15H23N3O2S/c1-10(16)13-5-3-4-8-18(13)15(20)14-7-6-12(21-14)9-17-11(2)19/h6-7,10,13H,3-5,8-9,16H2,1-2H3,(H,17,19)/t10-,13-/m0/s1. The molecule has 1 aromatic heterocycles. The van der Waals surface area contributed by atoms with Crippen LogP contribution in [-0.4, -0.2) is 35.3 Å². The van der Waals surface area contributed by atoms with Crippen molar-refractivity contribution in [2.45, 2.75) is 51.7 Å². The molecule has 21 heavy (non-hydrogen) atoms. The molecule has 1 saturated heterocycles. The molecular formula is C15H23N3O2S. The van der Waals surface area contributed by atoms with Gasteiger partial charge in [0.25, 0.3) is 5.91 Å². The van der Waals surface area contributed by atoms with Gasteiger partial charge in [0.1, 0.15) is 0 Å². The van der Waals surface area contributed by atoms with Gasteiger partial charge in [-0.15, -0.1) is 11.3 Å². The highest BCUT2D eigenvalue weighted by molar-refractivity contribution is 7.14. The van der Waals surface area contributed by atoms with E-state index in [9.17, 15) is 9.59 Å². The lowest BCUT2D eigenvalue weighted by molar-refractivity contribution is -0.119. The highest BCUT2D eigenvalue weighted by atomic mass is 32.1. The Labute approximate surface area is 129 Å². The summed E-state index contributed by atoms with van der Waals surface area (Å²) in [4.78, 5) is 27.2. The molecule has 0 radical (unpaired) electrons. The highest BCUT2D eigenvalue weighted by Crippen LogP contribution is 2.24. The average molecular weight is 309 g/mol. The molecular weight excluding hydrogens is 286 g/mol. The number of nitrogens with one attached hydrogen (secondary N) is 1. The van der Waals surface area contributed by atoms with Crippen LogP contribution in [0.4, 0.5) is 0 Å². The van der Waals surface area contributed by atoms with Crippen molar-refractivity contribution < 1.29 is 9.59 Å². The van der Waals surface area contributed by atoms with E-state index in [0.29, 0.717) is 6.54 Å². The Morgan fingerprint density at radius 3 is 2.90 bits per heavy atom. The summed E-state index contributed by atoms with van der Waals surface area (Å²) < 4.78 is 0. The highest BCUT2D eigenvalue weighted by Gasteiger charge is 2.30. The van der Waals surface area contributed by atoms with Crippen LogP contribution in [0, 0.1) is 0 Å². The number of likely N-dealkylation sites (tertiary alicyclic amines) is 1. The van der Waals surface area contributed by atoms with Gasteiger partial charge in [-0.25, -0.2) is 0 Å². The fraction of sp³-hybridized carbons (Fsp3) is 0.600. The summed E-state index contributed by atoms with van der Waals surface area (Å²) in [6, 6.07) is 3.87. The van der Waals surface area contributed by atoms with E-state index in [4.69, 9.17) is 5.73 Å². The summed E-state index contributed by atoms with van der Waals surface area (Å²) in [6.07, 6.45) is 3.15. The molecule has 0 bridgehead atoms. The van der Waals surface area contributed by atoms with Gasteiger partial charge >= 0.3 is 0 Å². The van der Waals surface area contributed by atoms with Crippen molar-refractivity contribution in [3.63, 3.8) is 0 Å². The monoisotopic (exact) mass is 309 g/mol. The average Bonchev–Trinajstić information content (AvgIpc) is 2.93. The largest absolute Gasteiger partial charge is 0.351 e. The zero-order valence-corrected chi connectivity index (χ0v) is 13.4. The molecule has 0 aliphatic carbocycles. The summed E-state index contributed by atoms with van der Waals surface area (Å²) >= 11 is 1.44. The maximum Gasteiger partial charge on any atom is 0.264 e.